The number of nitrogens with one attached hydrogen (secondary N) is 2. The number of carbonyl (C=O) groups is 2. The molecule has 7 heteroatoms. The molecule has 28 heavy (non-hydrogen) atoms. The SMILES string of the molecule is O=C(/C=C\c1ccc([N+](=O)[O-])cc1)NC1CCC2C(C1)NC(=O)C1CCCC12. The number of hydrogen-bond donors (Lipinski definition) is 2. The van der Waals surface area contributed by atoms with E-state index in [1.54, 1.807) is 18.2 Å². The minimum absolute atomic E-state index is 0.0254. The predicted octanol–water partition coefficient (Wildman–Crippen LogP) is 2.81. The summed E-state index contributed by atoms with van der Waals surface area (Å²) in [6, 6.07) is 6.30. The molecule has 2 aliphatic carbocycles. The molecule has 7 nitrogen and oxygen atoms in total. The molecule has 2 amide bonds. The van der Waals surface area contributed by atoms with Gasteiger partial charge in [0.05, 0.1) is 4.92 Å². The maximum absolute atomic E-state index is 12.3. The predicted molar refractivity (Wildman–Crippen MR) is 104 cm³/mol. The Kier molecular flexibility index (Phi) is 5.15. The maximum Gasteiger partial charge on any atom is 0.269 e. The summed E-state index contributed by atoms with van der Waals surface area (Å²) in [5.41, 5.74) is 0.758. The minimum Gasteiger partial charge on any atom is -0.353 e. The van der Waals surface area contributed by atoms with Gasteiger partial charge in [0, 0.05) is 36.2 Å². The number of nitro benzene ring substituents is 1. The Morgan fingerprint density at radius 3 is 2.68 bits per heavy atom. The molecular formula is C21H25N3O4. The summed E-state index contributed by atoms with van der Waals surface area (Å²) in [5, 5.41) is 16.9. The van der Waals surface area contributed by atoms with Crippen LogP contribution in [0.3, 0.4) is 0 Å². The highest BCUT2D eigenvalue weighted by Gasteiger charge is 2.47. The van der Waals surface area contributed by atoms with E-state index in [0.717, 1.165) is 44.1 Å². The number of nitrogens with zero attached hydrogens (tertiary/aromatic N) is 1. The molecule has 3 fully saturated rings. The topological polar surface area (TPSA) is 101 Å². The second-order valence-electron chi connectivity index (χ2n) is 8.18. The summed E-state index contributed by atoms with van der Waals surface area (Å²) >= 11 is 0. The van der Waals surface area contributed by atoms with Gasteiger partial charge >= 0.3 is 0 Å². The van der Waals surface area contributed by atoms with Crippen LogP contribution in [0, 0.1) is 27.9 Å². The van der Waals surface area contributed by atoms with Crippen molar-refractivity contribution < 1.29 is 14.5 Å². The third-order valence-corrected chi connectivity index (χ3v) is 6.56. The molecule has 4 rings (SSSR count). The lowest BCUT2D eigenvalue weighted by atomic mass is 9.68. The Balaban J connectivity index is 1.32. The molecule has 1 aliphatic heterocycles. The van der Waals surface area contributed by atoms with Crippen molar-refractivity contribution in [3.8, 4) is 0 Å². The number of rotatable bonds is 4. The van der Waals surface area contributed by atoms with Gasteiger partial charge in [-0.2, -0.15) is 0 Å². The van der Waals surface area contributed by atoms with Crippen molar-refractivity contribution in [2.24, 2.45) is 17.8 Å². The molecule has 1 heterocycles. The van der Waals surface area contributed by atoms with Gasteiger partial charge in [0.15, 0.2) is 0 Å². The van der Waals surface area contributed by atoms with E-state index in [9.17, 15) is 19.7 Å². The average molecular weight is 383 g/mol. The van der Waals surface area contributed by atoms with Crippen LogP contribution in [0.5, 0.6) is 0 Å². The molecule has 0 radical (unpaired) electrons. The molecule has 0 spiro atoms. The monoisotopic (exact) mass is 383 g/mol. The number of non-ortho nitro benzene ring substituents is 1. The fraction of sp³-hybridized carbons (Fsp3) is 0.524. The zero-order chi connectivity index (χ0) is 19.7. The molecule has 2 saturated carbocycles. The number of hydrogen-bond acceptors (Lipinski definition) is 4. The van der Waals surface area contributed by atoms with Crippen LogP contribution in [0.4, 0.5) is 5.69 Å². The third kappa shape index (κ3) is 3.79. The highest BCUT2D eigenvalue weighted by Crippen LogP contribution is 2.45. The molecule has 5 unspecified atom stereocenters. The van der Waals surface area contributed by atoms with E-state index in [1.165, 1.54) is 18.2 Å². The van der Waals surface area contributed by atoms with Crippen molar-refractivity contribution in [3.05, 3.63) is 46.0 Å². The van der Waals surface area contributed by atoms with Crippen LogP contribution < -0.4 is 10.6 Å². The lowest BCUT2D eigenvalue weighted by Gasteiger charge is -2.45. The summed E-state index contributed by atoms with van der Waals surface area (Å²) in [6.07, 6.45) is 9.22. The van der Waals surface area contributed by atoms with Gasteiger partial charge in [-0.15, -0.1) is 0 Å². The van der Waals surface area contributed by atoms with Gasteiger partial charge in [0.25, 0.3) is 5.69 Å². The normalized spacial score (nSPS) is 31.7. The number of amides is 2. The molecule has 2 N–H and O–H groups in total. The first-order valence-corrected chi connectivity index (χ1v) is 10.0. The number of piperidine rings is 1. The number of carbonyl (C=O) groups excluding carboxylic acids is 2. The van der Waals surface area contributed by atoms with Crippen LogP contribution in [-0.4, -0.2) is 28.8 Å². The van der Waals surface area contributed by atoms with E-state index in [1.807, 2.05) is 0 Å². The Bertz CT molecular complexity index is 804. The fourth-order valence-corrected chi connectivity index (χ4v) is 5.25. The summed E-state index contributed by atoms with van der Waals surface area (Å²) in [4.78, 5) is 34.8. The van der Waals surface area contributed by atoms with Crippen LogP contribution in [-0.2, 0) is 9.59 Å². The first-order valence-electron chi connectivity index (χ1n) is 10.0. The molecular weight excluding hydrogens is 358 g/mol. The second kappa shape index (κ2) is 7.73. The lowest BCUT2D eigenvalue weighted by Crippen LogP contribution is -2.57. The van der Waals surface area contributed by atoms with Gasteiger partial charge in [-0.1, -0.05) is 6.42 Å². The van der Waals surface area contributed by atoms with Crippen LogP contribution in [0.1, 0.15) is 44.1 Å². The van der Waals surface area contributed by atoms with Gasteiger partial charge in [-0.05, 0) is 67.7 Å². The van der Waals surface area contributed by atoms with E-state index >= 15 is 0 Å². The Labute approximate surface area is 163 Å². The van der Waals surface area contributed by atoms with Gasteiger partial charge in [-0.3, -0.25) is 19.7 Å². The largest absolute Gasteiger partial charge is 0.353 e. The van der Waals surface area contributed by atoms with Crippen LogP contribution in [0.25, 0.3) is 6.08 Å². The van der Waals surface area contributed by atoms with Crippen LogP contribution >= 0.6 is 0 Å². The van der Waals surface area contributed by atoms with Crippen LogP contribution in [0.15, 0.2) is 30.3 Å². The summed E-state index contributed by atoms with van der Waals surface area (Å²) < 4.78 is 0. The molecule has 5 atom stereocenters. The van der Waals surface area contributed by atoms with Gasteiger partial charge in [0.1, 0.15) is 0 Å². The number of nitro groups is 1. The second-order valence-corrected chi connectivity index (χ2v) is 8.18. The van der Waals surface area contributed by atoms with Crippen molar-refractivity contribution in [2.45, 2.75) is 50.6 Å². The van der Waals surface area contributed by atoms with E-state index < -0.39 is 4.92 Å². The summed E-state index contributed by atoms with van der Waals surface area (Å²) in [7, 11) is 0. The van der Waals surface area contributed by atoms with Crippen molar-refractivity contribution in [1.82, 2.24) is 10.6 Å². The zero-order valence-electron chi connectivity index (χ0n) is 15.7. The Morgan fingerprint density at radius 2 is 1.93 bits per heavy atom. The standard InChI is InChI=1S/C21H25N3O4/c25-20(11-6-13-4-8-15(9-5-13)24(27)28)22-14-7-10-17-16-2-1-3-18(16)21(26)23-19(17)12-14/h4-6,8-9,11,14,16-19H,1-3,7,10,12H2,(H,22,25)(H,23,26)/b11-6-. The quantitative estimate of drug-likeness (QED) is 0.474. The molecule has 3 aliphatic rings. The van der Waals surface area contributed by atoms with E-state index in [2.05, 4.69) is 10.6 Å². The summed E-state index contributed by atoms with van der Waals surface area (Å²) in [5.74, 6) is 1.31. The van der Waals surface area contributed by atoms with Crippen molar-refractivity contribution >= 4 is 23.6 Å². The Hall–Kier alpha value is -2.70. The lowest BCUT2D eigenvalue weighted by molar-refractivity contribution is -0.384. The number of benzene rings is 1. The summed E-state index contributed by atoms with van der Waals surface area (Å²) in [6.45, 7) is 0. The first-order chi connectivity index (χ1) is 13.5. The van der Waals surface area contributed by atoms with Crippen molar-refractivity contribution in [1.29, 1.82) is 0 Å². The average Bonchev–Trinajstić information content (AvgIpc) is 3.17. The van der Waals surface area contributed by atoms with Gasteiger partial charge in [0.2, 0.25) is 11.8 Å². The smallest absolute Gasteiger partial charge is 0.269 e. The van der Waals surface area contributed by atoms with Gasteiger partial charge < -0.3 is 10.6 Å². The third-order valence-electron chi connectivity index (χ3n) is 6.56. The van der Waals surface area contributed by atoms with Crippen molar-refractivity contribution in [2.75, 3.05) is 0 Å². The van der Waals surface area contributed by atoms with Crippen molar-refractivity contribution in [3.63, 3.8) is 0 Å². The molecule has 0 bridgehead atoms. The minimum atomic E-state index is -0.450. The highest BCUT2D eigenvalue weighted by molar-refractivity contribution is 5.92. The number of fused-ring (bicyclic) bond motifs is 3. The molecule has 1 aromatic carbocycles. The van der Waals surface area contributed by atoms with E-state index in [4.69, 9.17) is 0 Å². The molecule has 1 aromatic rings. The van der Waals surface area contributed by atoms with E-state index in [-0.39, 0.29) is 35.5 Å². The first kappa shape index (κ1) is 18.7. The maximum atomic E-state index is 12.3. The Morgan fingerprint density at radius 1 is 1.14 bits per heavy atom. The zero-order valence-corrected chi connectivity index (χ0v) is 15.7. The molecule has 0 aromatic heterocycles. The molecule has 1 saturated heterocycles. The fourth-order valence-electron chi connectivity index (χ4n) is 5.25. The molecule has 148 valence electrons. The van der Waals surface area contributed by atoms with E-state index in [0.29, 0.717) is 11.8 Å². The highest BCUT2D eigenvalue weighted by atomic mass is 16.6. The van der Waals surface area contributed by atoms with Crippen LogP contribution in [0.2, 0.25) is 0 Å². The van der Waals surface area contributed by atoms with Gasteiger partial charge in [-0.25, -0.2) is 0 Å².